The number of H-pyrrole nitrogens is 1. The monoisotopic (exact) mass is 438 g/mol. The molecule has 2 N–H and O–H groups in total. The van der Waals surface area contributed by atoms with Crippen molar-refractivity contribution in [1.82, 2.24) is 20.2 Å². The van der Waals surface area contributed by atoms with E-state index in [9.17, 15) is 31.1 Å². The number of rotatable bonds is 6. The summed E-state index contributed by atoms with van der Waals surface area (Å²) in [6, 6.07) is 2.19. The number of imidazole rings is 1. The third kappa shape index (κ3) is 4.79. The number of urea groups is 1. The van der Waals surface area contributed by atoms with Crippen LogP contribution in [0.2, 0.25) is 0 Å². The molecule has 3 rings (SSSR count). The van der Waals surface area contributed by atoms with Gasteiger partial charge in [0, 0.05) is 13.0 Å². The maximum absolute atomic E-state index is 12.8. The van der Waals surface area contributed by atoms with Crippen LogP contribution in [0.25, 0.3) is 11.0 Å². The van der Waals surface area contributed by atoms with Crippen molar-refractivity contribution in [2.45, 2.75) is 50.8 Å². The normalized spacial score (nSPS) is 18.3. The number of aromatic nitrogens is 2. The number of alkyl halides is 6. The number of fused-ring (bicyclic) bond motifs is 1. The molecule has 1 saturated heterocycles. The van der Waals surface area contributed by atoms with Crippen molar-refractivity contribution in [3.8, 4) is 0 Å². The third-order valence-electron chi connectivity index (χ3n) is 4.84. The number of carbonyl (C=O) groups is 1. The Morgan fingerprint density at radius 1 is 1.20 bits per heavy atom. The number of hydrogen-bond acceptors (Lipinski definition) is 3. The van der Waals surface area contributed by atoms with Crippen molar-refractivity contribution in [2.24, 2.45) is 0 Å². The molecule has 30 heavy (non-hydrogen) atoms. The largest absolute Gasteiger partial charge is 0.416 e. The molecule has 2 amide bonds. The number of ether oxygens (including phenoxy) is 1. The summed E-state index contributed by atoms with van der Waals surface area (Å²) in [5.41, 5.74) is -0.589. The summed E-state index contributed by atoms with van der Waals surface area (Å²) in [7, 11) is 0. The van der Waals surface area contributed by atoms with Crippen LogP contribution < -0.4 is 5.32 Å². The Balaban J connectivity index is 1.63. The second kappa shape index (κ2) is 7.64. The standard InChI is InChI=1S/C18H20F6N4O2/c1-16(2,18(22,23)24)30-6-5-14-25-11-4-3-10(7-12(11)26-14)8-28-9-13(17(19,20)21)27-15(28)29/h3-4,7,13H,5-6,8-9H2,1-2H3,(H,25,26)(H,27,29). The van der Waals surface area contributed by atoms with Crippen LogP contribution in [0, 0.1) is 0 Å². The molecule has 1 aliphatic rings. The van der Waals surface area contributed by atoms with Gasteiger partial charge in [0.1, 0.15) is 11.9 Å². The molecule has 2 aromatic rings. The van der Waals surface area contributed by atoms with Gasteiger partial charge in [-0.15, -0.1) is 0 Å². The van der Waals surface area contributed by atoms with E-state index in [4.69, 9.17) is 4.74 Å². The van der Waals surface area contributed by atoms with Crippen molar-refractivity contribution in [1.29, 1.82) is 0 Å². The van der Waals surface area contributed by atoms with E-state index in [0.29, 0.717) is 22.4 Å². The molecule has 1 fully saturated rings. The smallest absolute Gasteiger partial charge is 0.366 e. The van der Waals surface area contributed by atoms with Gasteiger partial charge in [-0.3, -0.25) is 0 Å². The zero-order valence-corrected chi connectivity index (χ0v) is 16.1. The molecule has 0 spiro atoms. The summed E-state index contributed by atoms with van der Waals surface area (Å²) in [4.78, 5) is 20.1. The van der Waals surface area contributed by atoms with Crippen LogP contribution in [-0.4, -0.2) is 58.0 Å². The molecule has 2 heterocycles. The molecule has 1 atom stereocenters. The lowest BCUT2D eigenvalue weighted by atomic mass is 10.1. The highest BCUT2D eigenvalue weighted by Gasteiger charge is 2.48. The maximum atomic E-state index is 12.8. The van der Waals surface area contributed by atoms with Gasteiger partial charge in [0.05, 0.1) is 24.2 Å². The Bertz CT molecular complexity index is 922. The molecule has 0 saturated carbocycles. The fourth-order valence-electron chi connectivity index (χ4n) is 2.94. The Kier molecular flexibility index (Phi) is 5.65. The predicted molar refractivity (Wildman–Crippen MR) is 94.7 cm³/mol. The topological polar surface area (TPSA) is 70.2 Å². The number of carbonyl (C=O) groups excluding carboxylic acids is 1. The van der Waals surface area contributed by atoms with Gasteiger partial charge in [0.25, 0.3) is 0 Å². The number of benzene rings is 1. The van der Waals surface area contributed by atoms with Crippen molar-refractivity contribution in [3.05, 3.63) is 29.6 Å². The van der Waals surface area contributed by atoms with Crippen LogP contribution in [0.5, 0.6) is 0 Å². The van der Waals surface area contributed by atoms with Gasteiger partial charge in [-0.25, -0.2) is 9.78 Å². The highest BCUT2D eigenvalue weighted by atomic mass is 19.4. The van der Waals surface area contributed by atoms with Gasteiger partial charge in [0.15, 0.2) is 5.60 Å². The van der Waals surface area contributed by atoms with E-state index >= 15 is 0 Å². The molecule has 0 bridgehead atoms. The lowest BCUT2D eigenvalue weighted by Gasteiger charge is -2.27. The molecule has 1 aromatic heterocycles. The van der Waals surface area contributed by atoms with E-state index in [2.05, 4.69) is 9.97 Å². The van der Waals surface area contributed by atoms with E-state index in [0.717, 1.165) is 18.7 Å². The Morgan fingerprint density at radius 3 is 2.50 bits per heavy atom. The second-order valence-corrected chi connectivity index (χ2v) is 7.57. The van der Waals surface area contributed by atoms with Gasteiger partial charge in [0.2, 0.25) is 0 Å². The Hall–Kier alpha value is -2.50. The first-order chi connectivity index (χ1) is 13.8. The minimum atomic E-state index is -4.52. The maximum Gasteiger partial charge on any atom is 0.416 e. The van der Waals surface area contributed by atoms with Crippen LogP contribution in [-0.2, 0) is 17.7 Å². The summed E-state index contributed by atoms with van der Waals surface area (Å²) < 4.78 is 81.7. The van der Waals surface area contributed by atoms with Crippen molar-refractivity contribution < 1.29 is 35.9 Å². The van der Waals surface area contributed by atoms with E-state index in [1.807, 2.05) is 5.32 Å². The Morgan fingerprint density at radius 2 is 1.90 bits per heavy atom. The molecule has 0 aliphatic carbocycles. The fourth-order valence-corrected chi connectivity index (χ4v) is 2.94. The quantitative estimate of drug-likeness (QED) is 0.672. The summed E-state index contributed by atoms with van der Waals surface area (Å²) in [5.74, 6) is 0.413. The van der Waals surface area contributed by atoms with E-state index in [1.54, 1.807) is 18.2 Å². The first-order valence-corrected chi connectivity index (χ1v) is 9.06. The molecule has 12 heteroatoms. The lowest BCUT2D eigenvalue weighted by Crippen LogP contribution is -2.42. The van der Waals surface area contributed by atoms with Crippen molar-refractivity contribution in [3.63, 3.8) is 0 Å². The number of aromatic amines is 1. The van der Waals surface area contributed by atoms with Crippen LogP contribution >= 0.6 is 0 Å². The SMILES string of the molecule is CC(C)(OCCc1nc2ccc(CN3CC(C(F)(F)F)NC3=O)cc2[nH]1)C(F)(F)F. The zero-order valence-electron chi connectivity index (χ0n) is 16.1. The van der Waals surface area contributed by atoms with Crippen molar-refractivity contribution in [2.75, 3.05) is 13.2 Å². The number of hydrogen-bond donors (Lipinski definition) is 2. The average Bonchev–Trinajstić information content (AvgIpc) is 3.16. The van der Waals surface area contributed by atoms with Gasteiger partial charge < -0.3 is 19.9 Å². The summed E-state index contributed by atoms with van der Waals surface area (Å²) in [5, 5.41) is 1.90. The number of halogens is 6. The van der Waals surface area contributed by atoms with Gasteiger partial charge in [-0.2, -0.15) is 26.3 Å². The van der Waals surface area contributed by atoms with E-state index in [1.165, 1.54) is 0 Å². The third-order valence-corrected chi connectivity index (χ3v) is 4.84. The molecule has 0 radical (unpaired) electrons. The van der Waals surface area contributed by atoms with Crippen LogP contribution in [0.15, 0.2) is 18.2 Å². The molecular weight excluding hydrogens is 418 g/mol. The fraction of sp³-hybridized carbons (Fsp3) is 0.556. The first-order valence-electron chi connectivity index (χ1n) is 9.06. The summed E-state index contributed by atoms with van der Waals surface area (Å²) >= 11 is 0. The zero-order chi connectivity index (χ0) is 22.3. The van der Waals surface area contributed by atoms with Crippen molar-refractivity contribution >= 4 is 17.1 Å². The lowest BCUT2D eigenvalue weighted by molar-refractivity contribution is -0.263. The predicted octanol–water partition coefficient (Wildman–Crippen LogP) is 3.92. The van der Waals surface area contributed by atoms with Gasteiger partial charge in [-0.05, 0) is 31.5 Å². The first kappa shape index (κ1) is 22.2. The molecule has 1 unspecified atom stereocenters. The molecule has 1 aliphatic heterocycles. The summed E-state index contributed by atoms with van der Waals surface area (Å²) in [6.07, 6.45) is -8.90. The van der Waals surface area contributed by atoms with Crippen LogP contribution in [0.4, 0.5) is 31.1 Å². The molecule has 1 aromatic carbocycles. The van der Waals surface area contributed by atoms with Crippen LogP contribution in [0.3, 0.4) is 0 Å². The number of nitrogens with zero attached hydrogens (tertiary/aromatic N) is 2. The van der Waals surface area contributed by atoms with Crippen LogP contribution in [0.1, 0.15) is 25.2 Å². The molecule has 166 valence electrons. The number of nitrogens with one attached hydrogen (secondary N) is 2. The van der Waals surface area contributed by atoms with Gasteiger partial charge >= 0.3 is 18.4 Å². The second-order valence-electron chi connectivity index (χ2n) is 7.57. The minimum absolute atomic E-state index is 0.0222. The summed E-state index contributed by atoms with van der Waals surface area (Å²) in [6.45, 7) is 1.17. The highest BCUT2D eigenvalue weighted by molar-refractivity contribution is 5.78. The molecular formula is C18H20F6N4O2. The average molecular weight is 438 g/mol. The Labute approximate surface area is 167 Å². The minimum Gasteiger partial charge on any atom is -0.366 e. The van der Waals surface area contributed by atoms with E-state index < -0.39 is 36.6 Å². The van der Waals surface area contributed by atoms with Gasteiger partial charge in [-0.1, -0.05) is 6.07 Å². The number of amides is 2. The highest BCUT2D eigenvalue weighted by Crippen LogP contribution is 2.33. The molecule has 6 nitrogen and oxygen atoms in total. The van der Waals surface area contributed by atoms with E-state index in [-0.39, 0.29) is 19.6 Å².